The molecule has 0 unspecified atom stereocenters. The summed E-state index contributed by atoms with van der Waals surface area (Å²) in [4.78, 5) is 15.3. The second kappa shape index (κ2) is 12.8. The molecule has 1 aromatic carbocycles. The number of hydrogen-bond donors (Lipinski definition) is 0. The van der Waals surface area contributed by atoms with Crippen LogP contribution in [0.3, 0.4) is 0 Å². The van der Waals surface area contributed by atoms with Crippen LogP contribution in [0, 0.1) is 0 Å². The van der Waals surface area contributed by atoms with E-state index >= 15 is 0 Å². The zero-order valence-electron chi connectivity index (χ0n) is 21.2. The van der Waals surface area contributed by atoms with Crippen LogP contribution in [-0.4, -0.2) is 50.2 Å². The van der Waals surface area contributed by atoms with Crippen LogP contribution in [0.2, 0.25) is 29.2 Å². The van der Waals surface area contributed by atoms with E-state index in [9.17, 15) is 4.79 Å². The van der Waals surface area contributed by atoms with Crippen LogP contribution in [0.4, 0.5) is 5.69 Å². The first kappa shape index (κ1) is 27.9. The minimum atomic E-state index is -2.20. The molecule has 0 bridgehead atoms. The van der Waals surface area contributed by atoms with Crippen molar-refractivity contribution in [2.75, 3.05) is 32.2 Å². The van der Waals surface area contributed by atoms with Gasteiger partial charge >= 0.3 is 8.56 Å². The molecule has 0 amide bonds. The van der Waals surface area contributed by atoms with Crippen LogP contribution in [0.1, 0.15) is 54.4 Å². The van der Waals surface area contributed by atoms with E-state index in [1.54, 1.807) is 14.2 Å². The number of para-hydroxylation sites is 1. The number of rotatable bonds is 14. The minimum Gasteiger partial charge on any atom is -0.518 e. The highest BCUT2D eigenvalue weighted by Crippen LogP contribution is 2.42. The maximum Gasteiger partial charge on any atom is 0.334 e. The second-order valence-electron chi connectivity index (χ2n) is 9.51. The Kier molecular flexibility index (Phi) is 11.5. The predicted octanol–water partition coefficient (Wildman–Crippen LogP) is 6.36. The molecule has 1 aromatic rings. The van der Waals surface area contributed by atoms with Gasteiger partial charge in [0.25, 0.3) is 14.3 Å². The molecule has 31 heavy (non-hydrogen) atoms. The lowest BCUT2D eigenvalue weighted by atomic mass is 10.2. The van der Waals surface area contributed by atoms with E-state index in [1.165, 1.54) is 0 Å². The number of benzene rings is 1. The lowest BCUT2D eigenvalue weighted by molar-refractivity contribution is -0.135. The Balaban J connectivity index is 2.85. The standard InChI is InChI=1S/C24H45NO4Si2/c1-20(2)31(21(3)4,22(5)6)29-24(26)16-18-25(23-14-11-10-12-15-23)17-13-19-30(9,27-7)28-8/h10-12,14-15,20-22H,13,16-19H2,1-9H3. The van der Waals surface area contributed by atoms with Crippen LogP contribution < -0.4 is 4.90 Å². The van der Waals surface area contributed by atoms with Gasteiger partial charge in [0.05, 0.1) is 6.42 Å². The molecule has 0 heterocycles. The van der Waals surface area contributed by atoms with E-state index in [0.717, 1.165) is 24.7 Å². The molecule has 0 fully saturated rings. The SMILES string of the molecule is CO[Si](C)(CCCN(CCC(=O)O[Si](C(C)C)(C(C)C)C(C)C)c1ccccc1)OC. The summed E-state index contributed by atoms with van der Waals surface area (Å²) >= 11 is 0. The van der Waals surface area contributed by atoms with Gasteiger partial charge < -0.3 is 18.2 Å². The Morgan fingerprint density at radius 2 is 1.42 bits per heavy atom. The molecule has 178 valence electrons. The quantitative estimate of drug-likeness (QED) is 0.298. The van der Waals surface area contributed by atoms with Crippen molar-refractivity contribution in [3.63, 3.8) is 0 Å². The third-order valence-electron chi connectivity index (χ3n) is 6.63. The molecule has 0 aliphatic rings. The Bertz CT molecular complexity index is 626. The molecule has 0 spiro atoms. The number of carbonyl (C=O) groups is 1. The van der Waals surface area contributed by atoms with Crippen LogP contribution >= 0.6 is 0 Å². The first-order chi connectivity index (χ1) is 14.5. The van der Waals surface area contributed by atoms with Gasteiger partial charge in [-0.15, -0.1) is 0 Å². The molecule has 0 saturated carbocycles. The molecule has 0 aliphatic heterocycles. The van der Waals surface area contributed by atoms with Crippen molar-refractivity contribution in [3.05, 3.63) is 30.3 Å². The van der Waals surface area contributed by atoms with E-state index in [1.807, 2.05) is 18.2 Å². The van der Waals surface area contributed by atoms with Gasteiger partial charge in [0, 0.05) is 33.0 Å². The summed E-state index contributed by atoms with van der Waals surface area (Å²) in [6.45, 7) is 16.9. The van der Waals surface area contributed by atoms with Gasteiger partial charge in [-0.3, -0.25) is 4.79 Å². The van der Waals surface area contributed by atoms with Gasteiger partial charge in [-0.25, -0.2) is 0 Å². The van der Waals surface area contributed by atoms with E-state index in [2.05, 4.69) is 65.1 Å². The van der Waals surface area contributed by atoms with Gasteiger partial charge in [0.2, 0.25) is 0 Å². The molecule has 0 aliphatic carbocycles. The lowest BCUT2D eigenvalue weighted by Gasteiger charge is -2.41. The fraction of sp³-hybridized carbons (Fsp3) is 0.708. The molecule has 7 heteroatoms. The van der Waals surface area contributed by atoms with Crippen molar-refractivity contribution in [1.82, 2.24) is 0 Å². The zero-order chi connectivity index (χ0) is 23.7. The van der Waals surface area contributed by atoms with Crippen LogP contribution in [-0.2, 0) is 18.1 Å². The fourth-order valence-corrected chi connectivity index (χ4v) is 11.3. The van der Waals surface area contributed by atoms with E-state index in [0.29, 0.717) is 29.6 Å². The largest absolute Gasteiger partial charge is 0.518 e. The second-order valence-corrected chi connectivity index (χ2v) is 18.5. The predicted molar refractivity (Wildman–Crippen MR) is 135 cm³/mol. The molecular weight excluding hydrogens is 422 g/mol. The summed E-state index contributed by atoms with van der Waals surface area (Å²) < 4.78 is 17.6. The molecule has 0 saturated heterocycles. The van der Waals surface area contributed by atoms with E-state index in [-0.39, 0.29) is 5.97 Å². The Hall–Kier alpha value is -1.16. The summed E-state index contributed by atoms with van der Waals surface area (Å²) in [5.41, 5.74) is 2.32. The maximum atomic E-state index is 13.0. The highest BCUT2D eigenvalue weighted by molar-refractivity contribution is 6.78. The van der Waals surface area contributed by atoms with Gasteiger partial charge in [0.1, 0.15) is 0 Å². The van der Waals surface area contributed by atoms with Crippen molar-refractivity contribution in [2.24, 2.45) is 0 Å². The lowest BCUT2D eigenvalue weighted by Crippen LogP contribution is -2.49. The summed E-state index contributed by atoms with van der Waals surface area (Å²) in [6, 6.07) is 11.2. The van der Waals surface area contributed by atoms with Crippen molar-refractivity contribution in [1.29, 1.82) is 0 Å². The molecule has 1 rings (SSSR count). The molecule has 0 N–H and O–H groups in total. The third-order valence-corrected chi connectivity index (χ3v) is 15.6. The number of hydrogen-bond acceptors (Lipinski definition) is 5. The molecule has 0 radical (unpaired) electrons. The Morgan fingerprint density at radius 1 is 0.903 bits per heavy atom. The summed E-state index contributed by atoms with van der Waals surface area (Å²) in [7, 11) is -0.828. The molecule has 0 atom stereocenters. The zero-order valence-corrected chi connectivity index (χ0v) is 23.2. The normalized spacial score (nSPS) is 12.6. The van der Waals surface area contributed by atoms with Crippen LogP contribution in [0.25, 0.3) is 0 Å². The first-order valence-electron chi connectivity index (χ1n) is 11.6. The number of carbonyl (C=O) groups excluding carboxylic acids is 1. The number of nitrogens with zero attached hydrogens (tertiary/aromatic N) is 1. The Labute approximate surface area is 192 Å². The van der Waals surface area contributed by atoms with Gasteiger partial charge in [-0.1, -0.05) is 59.7 Å². The average Bonchev–Trinajstić information content (AvgIpc) is 2.73. The van der Waals surface area contributed by atoms with Gasteiger partial charge in [-0.05, 0) is 47.8 Å². The number of anilines is 1. The van der Waals surface area contributed by atoms with Crippen molar-refractivity contribution in [2.45, 2.75) is 83.6 Å². The molecule has 5 nitrogen and oxygen atoms in total. The monoisotopic (exact) mass is 467 g/mol. The van der Waals surface area contributed by atoms with E-state index in [4.69, 9.17) is 13.3 Å². The molecular formula is C24H45NO4Si2. The van der Waals surface area contributed by atoms with Crippen LogP contribution in [0.5, 0.6) is 0 Å². The highest BCUT2D eigenvalue weighted by atomic mass is 28.4. The van der Waals surface area contributed by atoms with Crippen molar-refractivity contribution < 1.29 is 18.1 Å². The highest BCUT2D eigenvalue weighted by Gasteiger charge is 2.48. The van der Waals surface area contributed by atoms with Crippen molar-refractivity contribution >= 4 is 28.5 Å². The Morgan fingerprint density at radius 3 is 1.87 bits per heavy atom. The first-order valence-corrected chi connectivity index (χ1v) is 16.3. The smallest absolute Gasteiger partial charge is 0.334 e. The maximum absolute atomic E-state index is 13.0. The summed E-state index contributed by atoms with van der Waals surface area (Å²) in [5.74, 6) is -0.0586. The third kappa shape index (κ3) is 7.73. The van der Waals surface area contributed by atoms with Crippen molar-refractivity contribution in [3.8, 4) is 0 Å². The van der Waals surface area contributed by atoms with E-state index < -0.39 is 16.9 Å². The van der Waals surface area contributed by atoms with Crippen LogP contribution in [0.15, 0.2) is 30.3 Å². The summed E-state index contributed by atoms with van der Waals surface area (Å²) in [5, 5.41) is 0. The molecule has 0 aromatic heterocycles. The van der Waals surface area contributed by atoms with Gasteiger partial charge in [0.15, 0.2) is 0 Å². The topological polar surface area (TPSA) is 48.0 Å². The summed E-state index contributed by atoms with van der Waals surface area (Å²) in [6.07, 6.45) is 1.36. The average molecular weight is 468 g/mol. The minimum absolute atomic E-state index is 0.0586. The van der Waals surface area contributed by atoms with Gasteiger partial charge in [-0.2, -0.15) is 0 Å². The fourth-order valence-electron chi connectivity index (χ4n) is 4.72.